The first kappa shape index (κ1) is 35.0. The summed E-state index contributed by atoms with van der Waals surface area (Å²) < 4.78 is 2.69. The van der Waals surface area contributed by atoms with Crippen LogP contribution in [0, 0.1) is 30.6 Å². The molecule has 0 aromatic heterocycles. The molecule has 8 aromatic rings. The molecule has 8 rings (SSSR count). The molecule has 1 nitrogen and oxygen atoms in total. The number of hydrogen-bond acceptors (Lipinski definition) is 2. The third kappa shape index (κ3) is 7.93. The van der Waals surface area contributed by atoms with Gasteiger partial charge in [-0.25, -0.2) is 0 Å². The first-order valence-electron chi connectivity index (χ1n) is 17.5. The first-order chi connectivity index (χ1) is 26.0. The fourth-order valence-corrected chi connectivity index (χ4v) is 6.80. The predicted octanol–water partition coefficient (Wildman–Crippen LogP) is 13.2. The van der Waals surface area contributed by atoms with E-state index in [0.717, 1.165) is 11.1 Å². The Kier molecular flexibility index (Phi) is 10.8. The predicted molar refractivity (Wildman–Crippen MR) is 231 cm³/mol. The molecule has 0 bridgehead atoms. The van der Waals surface area contributed by atoms with Gasteiger partial charge in [0.15, 0.2) is 0 Å². The molecule has 0 heterocycles. The molecule has 0 fully saturated rings. The van der Waals surface area contributed by atoms with E-state index in [4.69, 9.17) is 0 Å². The van der Waals surface area contributed by atoms with Crippen LogP contribution < -0.4 is 0 Å². The Morgan fingerprint density at radius 2 is 0.830 bits per heavy atom. The Bertz CT molecular complexity index is 2630. The van der Waals surface area contributed by atoms with Crippen molar-refractivity contribution in [3.8, 4) is 79.3 Å². The third-order valence-corrected chi connectivity index (χ3v) is 9.43. The Hall–Kier alpha value is -6.39. The molecule has 0 N–H and O–H groups in total. The maximum atomic E-state index is 4.34. The van der Waals surface area contributed by atoms with Crippen LogP contribution in [0.4, 0.5) is 0 Å². The quantitative estimate of drug-likeness (QED) is 0.0798. The van der Waals surface area contributed by atoms with Gasteiger partial charge in [0, 0.05) is 5.56 Å². The molecule has 1 radical (unpaired) electrons. The Labute approximate surface area is 319 Å². The molecule has 53 heavy (non-hydrogen) atoms. The molecule has 249 valence electrons. The van der Waals surface area contributed by atoms with Gasteiger partial charge in [-0.2, -0.15) is 0 Å². The van der Waals surface area contributed by atoms with Gasteiger partial charge < -0.3 is 0 Å². The minimum absolute atomic E-state index is 0.963. The van der Waals surface area contributed by atoms with Crippen molar-refractivity contribution < 1.29 is 0 Å². The number of nitrogens with zero attached hydrogens (tertiary/aromatic N) is 1. The van der Waals surface area contributed by atoms with Crippen LogP contribution >= 0.6 is 12.8 Å². The monoisotopic (exact) mass is 692 g/mol. The Morgan fingerprint density at radius 3 is 1.28 bits per heavy atom. The van der Waals surface area contributed by atoms with Crippen molar-refractivity contribution in [2.45, 2.75) is 13.8 Å². The first-order valence-corrected chi connectivity index (χ1v) is 17.9. The fourth-order valence-electron chi connectivity index (χ4n) is 6.80. The minimum atomic E-state index is 0.963. The standard InChI is InChI=1S/C50H34.BHNS/c1-3-4-5-10-36-17-21-38(22-18-36)40-25-29-42(30-26-40)46-32-45(41-27-23-39(24-28-41)37-19-15-35(2)16-20-37)33-47(34-46)50-48-13-8-6-11-43(48)31-44-12-7-9-14-49(44)50;1-2-3/h6-9,11-34H,1-2H3;3H. The van der Waals surface area contributed by atoms with E-state index in [-0.39, 0.29) is 0 Å². The van der Waals surface area contributed by atoms with Gasteiger partial charge in [-0.1, -0.05) is 151 Å². The molecule has 0 spiro atoms. The Morgan fingerprint density at radius 1 is 0.453 bits per heavy atom. The molecule has 0 saturated heterocycles. The summed E-state index contributed by atoms with van der Waals surface area (Å²) in [5.41, 5.74) is 14.2. The van der Waals surface area contributed by atoms with Gasteiger partial charge in [-0.3, -0.25) is 0 Å². The summed E-state index contributed by atoms with van der Waals surface area (Å²) in [4.78, 5) is 0. The van der Waals surface area contributed by atoms with Crippen LogP contribution in [-0.4, -0.2) is 7.64 Å². The number of rotatable bonds is 5. The SMILES string of the molecule is CC#CC#Cc1ccc(-c2ccc(-c3cc(-c4ccc(-c5ccc(C)cc5)cc4)cc(-c4c5ccccc5cc5ccccc45)c3)cc2)cc1.[B]=NS. The van der Waals surface area contributed by atoms with E-state index >= 15 is 0 Å². The van der Waals surface area contributed by atoms with Crippen LogP contribution in [0.5, 0.6) is 0 Å². The third-order valence-electron chi connectivity index (χ3n) is 9.43. The number of thiol groups is 1. The topological polar surface area (TPSA) is 12.4 Å². The van der Waals surface area contributed by atoms with Crippen molar-refractivity contribution in [2.75, 3.05) is 0 Å². The van der Waals surface area contributed by atoms with Gasteiger partial charge in [0.25, 0.3) is 0 Å². The molecule has 0 aliphatic rings. The van der Waals surface area contributed by atoms with Crippen molar-refractivity contribution in [3.05, 3.63) is 181 Å². The molecule has 0 saturated carbocycles. The van der Waals surface area contributed by atoms with Crippen molar-refractivity contribution in [2.24, 2.45) is 4.30 Å². The van der Waals surface area contributed by atoms with Gasteiger partial charge >= 0.3 is 24.8 Å². The van der Waals surface area contributed by atoms with Crippen molar-refractivity contribution >= 4 is 42.0 Å². The normalized spacial score (nSPS) is 10.3. The summed E-state index contributed by atoms with van der Waals surface area (Å²) >= 11 is 3.19. The van der Waals surface area contributed by atoms with E-state index in [1.54, 1.807) is 6.92 Å². The zero-order valence-electron chi connectivity index (χ0n) is 29.6. The molecule has 0 aliphatic carbocycles. The van der Waals surface area contributed by atoms with E-state index < -0.39 is 0 Å². The van der Waals surface area contributed by atoms with Gasteiger partial charge in [-0.05, 0) is 139 Å². The number of benzene rings is 8. The van der Waals surface area contributed by atoms with Crippen LogP contribution in [0.2, 0.25) is 0 Å². The van der Waals surface area contributed by atoms with Crippen LogP contribution in [0.1, 0.15) is 18.1 Å². The molecule has 0 amide bonds. The Balaban J connectivity index is 0.00000140. The summed E-state index contributed by atoms with van der Waals surface area (Å²) in [6.45, 7) is 3.93. The summed E-state index contributed by atoms with van der Waals surface area (Å²) in [5, 5.41) is 5.01. The van der Waals surface area contributed by atoms with E-state index in [9.17, 15) is 0 Å². The number of aryl methyl sites for hydroxylation is 1. The summed E-state index contributed by atoms with van der Waals surface area (Å²) in [6.07, 6.45) is 0. The average molecular weight is 693 g/mol. The van der Waals surface area contributed by atoms with Gasteiger partial charge in [0.2, 0.25) is 0 Å². The zero-order chi connectivity index (χ0) is 36.6. The second-order valence-electron chi connectivity index (χ2n) is 12.8. The summed E-state index contributed by atoms with van der Waals surface area (Å²) in [7, 11) is 4.34. The van der Waals surface area contributed by atoms with Gasteiger partial charge in [0.1, 0.15) is 0 Å². The molecule has 8 aromatic carbocycles. The second-order valence-corrected chi connectivity index (χ2v) is 13.1. The van der Waals surface area contributed by atoms with Crippen molar-refractivity contribution in [3.63, 3.8) is 0 Å². The average Bonchev–Trinajstić information content (AvgIpc) is 3.21. The second kappa shape index (κ2) is 16.3. The van der Waals surface area contributed by atoms with Crippen molar-refractivity contribution in [1.29, 1.82) is 0 Å². The summed E-state index contributed by atoms with van der Waals surface area (Å²) in [5.74, 6) is 11.6. The van der Waals surface area contributed by atoms with Crippen LogP contribution in [-0.2, 0) is 0 Å². The number of hydrogen-bond donors (Lipinski definition) is 1. The molecule has 0 aliphatic heterocycles. The van der Waals surface area contributed by atoms with E-state index in [2.05, 4.69) is 225 Å². The molecule has 3 heteroatoms. The van der Waals surface area contributed by atoms with E-state index in [1.807, 2.05) is 0 Å². The van der Waals surface area contributed by atoms with Crippen LogP contribution in [0.15, 0.2) is 174 Å². The number of fused-ring (bicyclic) bond motifs is 2. The molecule has 0 atom stereocenters. The van der Waals surface area contributed by atoms with Crippen LogP contribution in [0.25, 0.3) is 77.2 Å². The van der Waals surface area contributed by atoms with E-state index in [0.29, 0.717) is 0 Å². The molecular weight excluding hydrogens is 657 g/mol. The fraction of sp³-hybridized carbons (Fsp3) is 0.0400. The van der Waals surface area contributed by atoms with E-state index in [1.165, 1.54) is 77.2 Å². The van der Waals surface area contributed by atoms with Gasteiger partial charge in [0.05, 0.1) is 0 Å². The van der Waals surface area contributed by atoms with Crippen LogP contribution in [0.3, 0.4) is 0 Å². The molecular formula is C50H35BNS. The molecule has 0 unspecified atom stereocenters. The van der Waals surface area contributed by atoms with Crippen molar-refractivity contribution in [1.82, 2.24) is 0 Å². The van der Waals surface area contributed by atoms with Gasteiger partial charge in [-0.15, -0.1) is 0 Å². The maximum absolute atomic E-state index is 4.34. The summed E-state index contributed by atoms with van der Waals surface area (Å²) in [6, 6.07) is 61.9. The zero-order valence-corrected chi connectivity index (χ0v) is 30.5.